The van der Waals surface area contributed by atoms with Gasteiger partial charge in [-0.15, -0.1) is 12.4 Å². The highest BCUT2D eigenvalue weighted by molar-refractivity contribution is 5.85. The van der Waals surface area contributed by atoms with Gasteiger partial charge in [-0.2, -0.15) is 0 Å². The standard InChI is InChI=1S/C15H27N3O.ClH/c1-16(2)9-12-7-13(10-17(3)4)15(19)14(8-12)11-18(5)6;/h7-8,19H,9-11H2,1-6H3;1H. The molecule has 20 heavy (non-hydrogen) atoms. The monoisotopic (exact) mass is 301 g/mol. The zero-order valence-electron chi connectivity index (χ0n) is 13.5. The minimum absolute atomic E-state index is 0. The van der Waals surface area contributed by atoms with Gasteiger partial charge in [-0.1, -0.05) is 0 Å². The van der Waals surface area contributed by atoms with Gasteiger partial charge in [0, 0.05) is 30.8 Å². The Morgan fingerprint density at radius 1 is 0.750 bits per heavy atom. The molecule has 0 spiro atoms. The van der Waals surface area contributed by atoms with E-state index < -0.39 is 0 Å². The zero-order valence-corrected chi connectivity index (χ0v) is 14.3. The van der Waals surface area contributed by atoms with Crippen LogP contribution in [0.15, 0.2) is 12.1 Å². The van der Waals surface area contributed by atoms with Crippen LogP contribution in [-0.2, 0) is 19.6 Å². The van der Waals surface area contributed by atoms with Crippen LogP contribution in [0.2, 0.25) is 0 Å². The molecule has 116 valence electrons. The lowest BCUT2D eigenvalue weighted by molar-refractivity contribution is 0.365. The van der Waals surface area contributed by atoms with Crippen molar-refractivity contribution in [2.75, 3.05) is 42.3 Å². The van der Waals surface area contributed by atoms with Gasteiger partial charge in [0.25, 0.3) is 0 Å². The molecule has 4 nitrogen and oxygen atoms in total. The Hall–Kier alpha value is -0.810. The molecular formula is C15H28ClN3O. The van der Waals surface area contributed by atoms with Crippen LogP contribution in [0.4, 0.5) is 0 Å². The number of benzene rings is 1. The van der Waals surface area contributed by atoms with Crippen LogP contribution >= 0.6 is 12.4 Å². The lowest BCUT2D eigenvalue weighted by Gasteiger charge is -2.19. The Morgan fingerprint density at radius 3 is 1.40 bits per heavy atom. The van der Waals surface area contributed by atoms with Crippen molar-refractivity contribution in [2.45, 2.75) is 19.6 Å². The van der Waals surface area contributed by atoms with Gasteiger partial charge in [-0.25, -0.2) is 0 Å². The van der Waals surface area contributed by atoms with Crippen molar-refractivity contribution in [2.24, 2.45) is 0 Å². The maximum Gasteiger partial charge on any atom is 0.124 e. The number of hydrogen-bond acceptors (Lipinski definition) is 4. The van der Waals surface area contributed by atoms with Gasteiger partial charge in [-0.3, -0.25) is 0 Å². The highest BCUT2D eigenvalue weighted by Gasteiger charge is 2.12. The van der Waals surface area contributed by atoms with Gasteiger partial charge in [-0.05, 0) is 60.0 Å². The number of phenols is 1. The van der Waals surface area contributed by atoms with E-state index in [1.165, 1.54) is 5.56 Å². The Bertz CT molecular complexity index is 389. The first kappa shape index (κ1) is 19.2. The molecule has 0 bridgehead atoms. The van der Waals surface area contributed by atoms with E-state index >= 15 is 0 Å². The number of hydrogen-bond donors (Lipinski definition) is 1. The smallest absolute Gasteiger partial charge is 0.124 e. The fourth-order valence-corrected chi connectivity index (χ4v) is 2.21. The first-order valence-electron chi connectivity index (χ1n) is 6.57. The van der Waals surface area contributed by atoms with E-state index in [0.717, 1.165) is 30.8 Å². The third-order valence-electron chi connectivity index (χ3n) is 2.80. The Labute approximate surface area is 129 Å². The first-order chi connectivity index (χ1) is 8.79. The van der Waals surface area contributed by atoms with Crippen molar-refractivity contribution >= 4 is 12.4 Å². The second-order valence-electron chi connectivity index (χ2n) is 5.98. The average Bonchev–Trinajstić information content (AvgIpc) is 2.22. The quantitative estimate of drug-likeness (QED) is 0.870. The van der Waals surface area contributed by atoms with Gasteiger partial charge in [0.2, 0.25) is 0 Å². The van der Waals surface area contributed by atoms with E-state index in [2.05, 4.69) is 40.9 Å². The van der Waals surface area contributed by atoms with Crippen LogP contribution in [0.5, 0.6) is 5.75 Å². The van der Waals surface area contributed by atoms with E-state index in [9.17, 15) is 5.11 Å². The van der Waals surface area contributed by atoms with E-state index in [0.29, 0.717) is 5.75 Å². The fourth-order valence-electron chi connectivity index (χ4n) is 2.21. The summed E-state index contributed by atoms with van der Waals surface area (Å²) in [6.45, 7) is 2.40. The summed E-state index contributed by atoms with van der Waals surface area (Å²) < 4.78 is 0. The molecule has 1 rings (SSSR count). The second kappa shape index (κ2) is 8.47. The molecule has 0 fully saturated rings. The lowest BCUT2D eigenvalue weighted by atomic mass is 10.0. The number of rotatable bonds is 6. The van der Waals surface area contributed by atoms with Gasteiger partial charge in [0.15, 0.2) is 0 Å². The summed E-state index contributed by atoms with van der Waals surface area (Å²) in [5.74, 6) is 0.435. The molecule has 0 aliphatic rings. The normalized spacial score (nSPS) is 11.2. The predicted molar refractivity (Wildman–Crippen MR) is 87.5 cm³/mol. The van der Waals surface area contributed by atoms with Gasteiger partial charge in [0.05, 0.1) is 0 Å². The van der Waals surface area contributed by atoms with Crippen molar-refractivity contribution in [1.29, 1.82) is 0 Å². The molecule has 0 saturated carbocycles. The molecule has 0 radical (unpaired) electrons. The maximum atomic E-state index is 10.4. The van der Waals surface area contributed by atoms with Crippen molar-refractivity contribution in [1.82, 2.24) is 14.7 Å². The van der Waals surface area contributed by atoms with Crippen LogP contribution in [-0.4, -0.2) is 62.1 Å². The summed E-state index contributed by atoms with van der Waals surface area (Å²) in [6, 6.07) is 4.21. The number of phenolic OH excluding ortho intramolecular Hbond substituents is 1. The largest absolute Gasteiger partial charge is 0.507 e. The topological polar surface area (TPSA) is 30.0 Å². The molecule has 0 saturated heterocycles. The zero-order chi connectivity index (χ0) is 14.6. The van der Waals surface area contributed by atoms with Crippen LogP contribution in [0.3, 0.4) is 0 Å². The van der Waals surface area contributed by atoms with Gasteiger partial charge >= 0.3 is 0 Å². The molecule has 1 aromatic rings. The molecular weight excluding hydrogens is 274 g/mol. The van der Waals surface area contributed by atoms with E-state index in [4.69, 9.17) is 0 Å². The van der Waals surface area contributed by atoms with Crippen LogP contribution in [0.25, 0.3) is 0 Å². The highest BCUT2D eigenvalue weighted by atomic mass is 35.5. The summed E-state index contributed by atoms with van der Waals surface area (Å²) in [4.78, 5) is 6.30. The van der Waals surface area contributed by atoms with Crippen LogP contribution < -0.4 is 0 Å². The van der Waals surface area contributed by atoms with E-state index in [-0.39, 0.29) is 12.4 Å². The molecule has 1 aromatic carbocycles. The van der Waals surface area contributed by atoms with Crippen LogP contribution in [0, 0.1) is 0 Å². The highest BCUT2D eigenvalue weighted by Crippen LogP contribution is 2.27. The third kappa shape index (κ3) is 6.09. The average molecular weight is 302 g/mol. The molecule has 0 aliphatic heterocycles. The SMILES string of the molecule is CN(C)Cc1cc(CN(C)C)c(O)c(CN(C)C)c1.Cl. The van der Waals surface area contributed by atoms with Crippen LogP contribution in [0.1, 0.15) is 16.7 Å². The predicted octanol–water partition coefficient (Wildman–Crippen LogP) is 2.00. The van der Waals surface area contributed by atoms with Crippen molar-refractivity contribution in [3.8, 4) is 5.75 Å². The summed E-state index contributed by atoms with van der Waals surface area (Å²) in [5, 5.41) is 10.4. The molecule has 0 amide bonds. The summed E-state index contributed by atoms with van der Waals surface area (Å²) >= 11 is 0. The van der Waals surface area contributed by atoms with Crippen molar-refractivity contribution in [3.63, 3.8) is 0 Å². The molecule has 1 N–H and O–H groups in total. The Morgan fingerprint density at radius 2 is 1.10 bits per heavy atom. The van der Waals surface area contributed by atoms with Crippen molar-refractivity contribution in [3.05, 3.63) is 28.8 Å². The molecule has 0 aromatic heterocycles. The number of aromatic hydroxyl groups is 1. The molecule has 5 heteroatoms. The Balaban J connectivity index is 0.00000361. The number of halogens is 1. The first-order valence-corrected chi connectivity index (χ1v) is 6.57. The van der Waals surface area contributed by atoms with Gasteiger partial charge < -0.3 is 19.8 Å². The second-order valence-corrected chi connectivity index (χ2v) is 5.98. The number of nitrogens with zero attached hydrogens (tertiary/aromatic N) is 3. The summed E-state index contributed by atoms with van der Waals surface area (Å²) in [7, 11) is 12.2. The minimum atomic E-state index is 0. The third-order valence-corrected chi connectivity index (χ3v) is 2.80. The van der Waals surface area contributed by atoms with Gasteiger partial charge in [0.1, 0.15) is 5.75 Å². The van der Waals surface area contributed by atoms with E-state index in [1.54, 1.807) is 0 Å². The molecule has 0 atom stereocenters. The fraction of sp³-hybridized carbons (Fsp3) is 0.600. The molecule has 0 heterocycles. The molecule has 0 aliphatic carbocycles. The molecule has 0 unspecified atom stereocenters. The Kier molecular flexibility index (Phi) is 8.13. The van der Waals surface area contributed by atoms with Crippen molar-refractivity contribution < 1.29 is 5.11 Å². The summed E-state index contributed by atoms with van der Waals surface area (Å²) in [6.07, 6.45) is 0. The maximum absolute atomic E-state index is 10.4. The minimum Gasteiger partial charge on any atom is -0.507 e. The van der Waals surface area contributed by atoms with E-state index in [1.807, 2.05) is 28.2 Å². The summed E-state index contributed by atoms with van der Waals surface area (Å²) in [5.41, 5.74) is 3.25. The lowest BCUT2D eigenvalue weighted by Crippen LogP contribution is -2.16.